The highest BCUT2D eigenvalue weighted by Crippen LogP contribution is 2.43. The van der Waals surface area contributed by atoms with E-state index in [1.54, 1.807) is 31.2 Å². The number of sulfone groups is 1. The van der Waals surface area contributed by atoms with Crippen LogP contribution in [-0.2, 0) is 21.8 Å². The summed E-state index contributed by atoms with van der Waals surface area (Å²) in [4.78, 5) is 15.5. The van der Waals surface area contributed by atoms with Crippen molar-refractivity contribution in [3.05, 3.63) is 83.2 Å². The second-order valence-electron chi connectivity index (χ2n) is 11.5. The number of hydrogen-bond donors (Lipinski definition) is 1. The predicted octanol–water partition coefficient (Wildman–Crippen LogP) is 5.65. The van der Waals surface area contributed by atoms with E-state index in [2.05, 4.69) is 70.4 Å². The molecule has 1 saturated heterocycles. The third-order valence-electron chi connectivity index (χ3n) is 7.34. The number of nitrogens with one attached hydrogen (secondary N) is 1. The van der Waals surface area contributed by atoms with Crippen LogP contribution in [0.4, 0.5) is 4.79 Å². The molecule has 4 rings (SSSR count). The summed E-state index contributed by atoms with van der Waals surface area (Å²) in [5.41, 5.74) is 4.25. The zero-order valence-electron chi connectivity index (χ0n) is 23.3. The van der Waals surface area contributed by atoms with Gasteiger partial charge in [0.15, 0.2) is 9.84 Å². The van der Waals surface area contributed by atoms with Gasteiger partial charge in [0, 0.05) is 49.1 Å². The highest BCUT2D eigenvalue weighted by molar-refractivity contribution is 7.91. The fourth-order valence-corrected chi connectivity index (χ4v) is 6.00. The fraction of sp³-hybridized carbons (Fsp3) is 0.467. The third kappa shape index (κ3) is 5.96. The highest BCUT2D eigenvalue weighted by Gasteiger charge is 2.40. The van der Waals surface area contributed by atoms with E-state index in [4.69, 9.17) is 5.10 Å². The molecule has 0 spiro atoms. The molecule has 1 aromatic heterocycles. The lowest BCUT2D eigenvalue weighted by Crippen LogP contribution is -2.38. The van der Waals surface area contributed by atoms with Crippen molar-refractivity contribution >= 4 is 15.9 Å². The van der Waals surface area contributed by atoms with Gasteiger partial charge in [0.1, 0.15) is 0 Å². The van der Waals surface area contributed by atoms with Gasteiger partial charge in [0.25, 0.3) is 0 Å². The molecule has 0 aliphatic carbocycles. The highest BCUT2D eigenvalue weighted by atomic mass is 32.2. The van der Waals surface area contributed by atoms with E-state index in [1.807, 2.05) is 15.6 Å². The van der Waals surface area contributed by atoms with Gasteiger partial charge in [-0.15, -0.1) is 0 Å². The molecule has 2 heterocycles. The van der Waals surface area contributed by atoms with Gasteiger partial charge in [-0.2, -0.15) is 5.10 Å². The van der Waals surface area contributed by atoms with Gasteiger partial charge < -0.3 is 10.2 Å². The van der Waals surface area contributed by atoms with E-state index in [-0.39, 0.29) is 35.1 Å². The average Bonchev–Trinajstić information content (AvgIpc) is 3.53. The number of amides is 2. The first-order valence-electron chi connectivity index (χ1n) is 13.4. The van der Waals surface area contributed by atoms with E-state index < -0.39 is 9.84 Å². The zero-order chi connectivity index (χ0) is 27.7. The molecule has 0 bridgehead atoms. The lowest BCUT2D eigenvalue weighted by atomic mass is 9.79. The summed E-state index contributed by atoms with van der Waals surface area (Å²) in [5.74, 6) is 0.351. The number of carbonyl (C=O) groups is 1. The van der Waals surface area contributed by atoms with Gasteiger partial charge in [-0.25, -0.2) is 13.2 Å². The fourth-order valence-electron chi connectivity index (χ4n) is 5.12. The van der Waals surface area contributed by atoms with Crippen molar-refractivity contribution in [2.75, 3.05) is 18.8 Å². The molecule has 1 N–H and O–H groups in total. The van der Waals surface area contributed by atoms with E-state index in [0.29, 0.717) is 24.5 Å². The van der Waals surface area contributed by atoms with Crippen molar-refractivity contribution in [1.29, 1.82) is 0 Å². The zero-order valence-corrected chi connectivity index (χ0v) is 24.1. The number of carbonyl (C=O) groups excluding carboxylic acids is 1. The Bertz CT molecular complexity index is 1360. The number of benzene rings is 2. The molecule has 2 aromatic carbocycles. The van der Waals surface area contributed by atoms with Crippen molar-refractivity contribution < 1.29 is 13.2 Å². The van der Waals surface area contributed by atoms with Crippen molar-refractivity contribution in [1.82, 2.24) is 20.0 Å². The number of rotatable bonds is 7. The summed E-state index contributed by atoms with van der Waals surface area (Å²) in [6, 6.07) is 17.3. The van der Waals surface area contributed by atoms with Crippen LogP contribution in [0.15, 0.2) is 65.7 Å². The average molecular weight is 537 g/mol. The lowest BCUT2D eigenvalue weighted by Gasteiger charge is -2.23. The van der Waals surface area contributed by atoms with Crippen LogP contribution in [0.25, 0.3) is 0 Å². The van der Waals surface area contributed by atoms with E-state index in [9.17, 15) is 13.2 Å². The molecule has 2 atom stereocenters. The third-order valence-corrected chi connectivity index (χ3v) is 9.09. The van der Waals surface area contributed by atoms with Gasteiger partial charge in [-0.05, 0) is 42.7 Å². The summed E-state index contributed by atoms with van der Waals surface area (Å²) in [6.07, 6.45) is 2.18. The molecular weight excluding hydrogens is 496 g/mol. The Morgan fingerprint density at radius 1 is 1.03 bits per heavy atom. The molecule has 8 heteroatoms. The standard InChI is InChI=1S/C30H40N4O3S/c1-7-38(36,37)24-15-13-22(14-16-24)17-31-29(35)33-18-25(23-11-9-8-10-12-23)26(19-33)27-20-34(21(2)3)32-28(27)30(4,5)6/h8-16,20-21,25-26H,7,17-19H2,1-6H3,(H,31,35). The maximum absolute atomic E-state index is 13.3. The van der Waals surface area contributed by atoms with Crippen LogP contribution < -0.4 is 5.32 Å². The van der Waals surface area contributed by atoms with Gasteiger partial charge in [-0.1, -0.05) is 70.2 Å². The minimum absolute atomic E-state index is 0.0643. The first-order chi connectivity index (χ1) is 17.9. The van der Waals surface area contributed by atoms with Crippen LogP contribution in [0.3, 0.4) is 0 Å². The Kier molecular flexibility index (Phi) is 8.02. The van der Waals surface area contributed by atoms with Crippen molar-refractivity contribution in [3.63, 3.8) is 0 Å². The molecular formula is C30H40N4O3S. The maximum Gasteiger partial charge on any atom is 0.317 e. The van der Waals surface area contributed by atoms with E-state index >= 15 is 0 Å². The molecule has 204 valence electrons. The number of likely N-dealkylation sites (tertiary alicyclic amines) is 1. The second kappa shape index (κ2) is 10.9. The summed E-state index contributed by atoms with van der Waals surface area (Å²) >= 11 is 0. The molecule has 1 aliphatic heterocycles. The molecule has 3 aromatic rings. The van der Waals surface area contributed by atoms with Gasteiger partial charge >= 0.3 is 6.03 Å². The quantitative estimate of drug-likeness (QED) is 0.423. The largest absolute Gasteiger partial charge is 0.334 e. The van der Waals surface area contributed by atoms with Gasteiger partial charge in [-0.3, -0.25) is 4.68 Å². The van der Waals surface area contributed by atoms with Crippen molar-refractivity contribution in [2.24, 2.45) is 0 Å². The molecule has 7 nitrogen and oxygen atoms in total. The van der Waals surface area contributed by atoms with Crippen LogP contribution in [0.5, 0.6) is 0 Å². The molecule has 38 heavy (non-hydrogen) atoms. The summed E-state index contributed by atoms with van der Waals surface area (Å²) in [5, 5.41) is 8.03. The Hall–Kier alpha value is -3.13. The maximum atomic E-state index is 13.3. The number of urea groups is 1. The van der Waals surface area contributed by atoms with Crippen LogP contribution >= 0.6 is 0 Å². The molecule has 2 amide bonds. The van der Waals surface area contributed by atoms with Gasteiger partial charge in [0.05, 0.1) is 16.3 Å². The van der Waals surface area contributed by atoms with Crippen LogP contribution in [0, 0.1) is 0 Å². The normalized spacial score (nSPS) is 18.2. The van der Waals surface area contributed by atoms with Crippen molar-refractivity contribution in [2.45, 2.75) is 76.3 Å². The number of hydrogen-bond acceptors (Lipinski definition) is 4. The first-order valence-corrected chi connectivity index (χ1v) is 15.0. The van der Waals surface area contributed by atoms with Crippen molar-refractivity contribution in [3.8, 4) is 0 Å². The molecule has 0 radical (unpaired) electrons. The minimum Gasteiger partial charge on any atom is -0.334 e. The van der Waals surface area contributed by atoms with Crippen LogP contribution in [-0.4, -0.2) is 48.0 Å². The Labute approximate surface area is 227 Å². The molecule has 0 saturated carbocycles. The summed E-state index contributed by atoms with van der Waals surface area (Å²) < 4.78 is 26.2. The summed E-state index contributed by atoms with van der Waals surface area (Å²) in [6.45, 7) is 14.0. The topological polar surface area (TPSA) is 84.3 Å². The number of aromatic nitrogens is 2. The Morgan fingerprint density at radius 2 is 1.66 bits per heavy atom. The van der Waals surface area contributed by atoms with Gasteiger partial charge in [0.2, 0.25) is 0 Å². The Balaban J connectivity index is 1.56. The van der Waals surface area contributed by atoms with E-state index in [0.717, 1.165) is 11.3 Å². The molecule has 1 aliphatic rings. The number of nitrogens with zero attached hydrogens (tertiary/aromatic N) is 3. The lowest BCUT2D eigenvalue weighted by molar-refractivity contribution is 0.207. The smallest absolute Gasteiger partial charge is 0.317 e. The van der Waals surface area contributed by atoms with E-state index in [1.165, 1.54) is 11.1 Å². The second-order valence-corrected chi connectivity index (χ2v) is 13.8. The Morgan fingerprint density at radius 3 is 2.24 bits per heavy atom. The SMILES string of the molecule is CCS(=O)(=O)c1ccc(CNC(=O)N2CC(c3ccccc3)C(c3cn(C(C)C)nc3C(C)(C)C)C2)cc1. The minimum atomic E-state index is -3.24. The van der Waals surface area contributed by atoms with Crippen LogP contribution in [0.1, 0.15) is 81.8 Å². The molecule has 2 unspecified atom stereocenters. The monoisotopic (exact) mass is 536 g/mol. The van der Waals surface area contributed by atoms with Crippen LogP contribution in [0.2, 0.25) is 0 Å². The predicted molar refractivity (Wildman–Crippen MR) is 151 cm³/mol. The summed E-state index contributed by atoms with van der Waals surface area (Å²) in [7, 11) is -3.24. The molecule has 1 fully saturated rings. The first kappa shape index (κ1) is 27.9.